The molecular formula is C22H26ClNO3S. The fourth-order valence-electron chi connectivity index (χ4n) is 3.76. The Morgan fingerprint density at radius 3 is 2.29 bits per heavy atom. The number of carbonyl (C=O) groups is 2. The minimum atomic E-state index is -1.01. The molecule has 2 aromatic rings. The van der Waals surface area contributed by atoms with Gasteiger partial charge < -0.3 is 10.0 Å². The monoisotopic (exact) mass is 419 g/mol. The SMILES string of the molecule is CC1CCC(C(=O)N(c2sc(-c3ccc(Cl)cc3)cc2C(=O)O)C(C)C)CC1. The second-order valence-corrected chi connectivity index (χ2v) is 9.37. The smallest absolute Gasteiger partial charge is 0.338 e. The number of thiophene rings is 1. The molecule has 1 amide bonds. The molecule has 28 heavy (non-hydrogen) atoms. The van der Waals surface area contributed by atoms with Crippen LogP contribution in [0.4, 0.5) is 5.00 Å². The van der Waals surface area contributed by atoms with Crippen molar-refractivity contribution in [3.8, 4) is 10.4 Å². The Kier molecular flexibility index (Phi) is 6.46. The predicted molar refractivity (Wildman–Crippen MR) is 115 cm³/mol. The summed E-state index contributed by atoms with van der Waals surface area (Å²) in [7, 11) is 0. The van der Waals surface area contributed by atoms with Gasteiger partial charge in [0.1, 0.15) is 5.00 Å². The van der Waals surface area contributed by atoms with Crippen LogP contribution < -0.4 is 4.90 Å². The Labute approximate surface area is 175 Å². The maximum absolute atomic E-state index is 13.3. The largest absolute Gasteiger partial charge is 0.478 e. The number of carbonyl (C=O) groups excluding carboxylic acids is 1. The average molecular weight is 420 g/mol. The lowest BCUT2D eigenvalue weighted by molar-refractivity contribution is -0.123. The number of halogens is 1. The highest BCUT2D eigenvalue weighted by Gasteiger charge is 2.33. The van der Waals surface area contributed by atoms with Crippen LogP contribution in [0.15, 0.2) is 30.3 Å². The number of hydrogen-bond acceptors (Lipinski definition) is 3. The van der Waals surface area contributed by atoms with E-state index in [0.29, 0.717) is 15.9 Å². The van der Waals surface area contributed by atoms with Gasteiger partial charge in [-0.25, -0.2) is 4.79 Å². The molecule has 3 rings (SSSR count). The lowest BCUT2D eigenvalue weighted by atomic mass is 9.82. The zero-order valence-electron chi connectivity index (χ0n) is 16.4. The molecule has 4 nitrogen and oxygen atoms in total. The van der Waals surface area contributed by atoms with E-state index in [0.717, 1.165) is 36.1 Å². The Morgan fingerprint density at radius 1 is 1.14 bits per heavy atom. The Balaban J connectivity index is 1.99. The van der Waals surface area contributed by atoms with Crippen molar-refractivity contribution in [2.75, 3.05) is 4.90 Å². The molecule has 0 unspecified atom stereocenters. The van der Waals surface area contributed by atoms with Crippen LogP contribution >= 0.6 is 22.9 Å². The molecule has 0 radical (unpaired) electrons. The Bertz CT molecular complexity index is 851. The molecule has 0 saturated heterocycles. The number of amides is 1. The minimum absolute atomic E-state index is 0.0265. The molecule has 1 N–H and O–H groups in total. The molecular weight excluding hydrogens is 394 g/mol. The molecule has 1 saturated carbocycles. The number of anilines is 1. The third kappa shape index (κ3) is 4.41. The lowest BCUT2D eigenvalue weighted by Gasteiger charge is -2.33. The van der Waals surface area contributed by atoms with E-state index in [4.69, 9.17) is 11.6 Å². The van der Waals surface area contributed by atoms with Gasteiger partial charge in [-0.15, -0.1) is 11.3 Å². The van der Waals surface area contributed by atoms with E-state index in [1.54, 1.807) is 23.1 Å². The van der Waals surface area contributed by atoms with Gasteiger partial charge >= 0.3 is 5.97 Å². The summed E-state index contributed by atoms with van der Waals surface area (Å²) >= 11 is 7.33. The summed E-state index contributed by atoms with van der Waals surface area (Å²) < 4.78 is 0. The van der Waals surface area contributed by atoms with Crippen molar-refractivity contribution >= 4 is 39.8 Å². The normalized spacial score (nSPS) is 19.6. The summed E-state index contributed by atoms with van der Waals surface area (Å²) in [6.45, 7) is 6.11. The molecule has 1 fully saturated rings. The van der Waals surface area contributed by atoms with Crippen molar-refractivity contribution in [3.63, 3.8) is 0 Å². The summed E-state index contributed by atoms with van der Waals surface area (Å²) in [4.78, 5) is 27.8. The van der Waals surface area contributed by atoms with Crippen molar-refractivity contribution in [2.24, 2.45) is 11.8 Å². The predicted octanol–water partition coefficient (Wildman–Crippen LogP) is 6.33. The van der Waals surface area contributed by atoms with Crippen LogP contribution in [0.2, 0.25) is 5.02 Å². The van der Waals surface area contributed by atoms with E-state index in [-0.39, 0.29) is 23.4 Å². The van der Waals surface area contributed by atoms with Crippen molar-refractivity contribution in [2.45, 2.75) is 52.5 Å². The maximum Gasteiger partial charge on any atom is 0.338 e. The summed E-state index contributed by atoms with van der Waals surface area (Å²) in [5, 5.41) is 10.9. The van der Waals surface area contributed by atoms with Crippen molar-refractivity contribution in [1.29, 1.82) is 0 Å². The first-order valence-electron chi connectivity index (χ1n) is 9.74. The zero-order valence-corrected chi connectivity index (χ0v) is 18.0. The van der Waals surface area contributed by atoms with Crippen molar-refractivity contribution < 1.29 is 14.7 Å². The van der Waals surface area contributed by atoms with Gasteiger partial charge in [0.25, 0.3) is 0 Å². The second-order valence-electron chi connectivity index (χ2n) is 7.90. The Morgan fingerprint density at radius 2 is 1.75 bits per heavy atom. The number of nitrogens with zero attached hydrogens (tertiary/aromatic N) is 1. The first-order chi connectivity index (χ1) is 13.3. The van der Waals surface area contributed by atoms with E-state index in [1.807, 2.05) is 26.0 Å². The van der Waals surface area contributed by atoms with E-state index < -0.39 is 5.97 Å². The molecule has 1 aromatic carbocycles. The van der Waals surface area contributed by atoms with Gasteiger partial charge in [-0.2, -0.15) is 0 Å². The van der Waals surface area contributed by atoms with Gasteiger partial charge in [0.05, 0.1) is 5.56 Å². The van der Waals surface area contributed by atoms with Gasteiger partial charge in [-0.3, -0.25) is 4.79 Å². The zero-order chi connectivity index (χ0) is 20.4. The highest BCUT2D eigenvalue weighted by molar-refractivity contribution is 7.20. The standard InChI is InChI=1S/C22H26ClNO3S/c1-13(2)24(20(25)16-6-4-14(3)5-7-16)21-18(22(26)27)12-19(28-21)15-8-10-17(23)11-9-15/h8-14,16H,4-7H2,1-3H3,(H,26,27). The average Bonchev–Trinajstić information content (AvgIpc) is 3.07. The topological polar surface area (TPSA) is 57.6 Å². The van der Waals surface area contributed by atoms with Gasteiger partial charge in [0, 0.05) is 21.9 Å². The first kappa shape index (κ1) is 20.9. The van der Waals surface area contributed by atoms with Crippen LogP contribution in [0.25, 0.3) is 10.4 Å². The molecule has 0 spiro atoms. The summed E-state index contributed by atoms with van der Waals surface area (Å²) in [5.74, 6) is -0.332. The molecule has 0 aliphatic heterocycles. The van der Waals surface area contributed by atoms with Crippen molar-refractivity contribution in [1.82, 2.24) is 0 Å². The van der Waals surface area contributed by atoms with Crippen LogP contribution in [0.1, 0.15) is 56.8 Å². The molecule has 150 valence electrons. The summed E-state index contributed by atoms with van der Waals surface area (Å²) in [6, 6.07) is 8.86. The fourth-order valence-corrected chi connectivity index (χ4v) is 5.18. The number of carboxylic acid groups (broad SMARTS) is 1. The molecule has 1 aromatic heterocycles. The van der Waals surface area contributed by atoms with Crippen LogP contribution in [-0.4, -0.2) is 23.0 Å². The van der Waals surface area contributed by atoms with Crippen LogP contribution in [0, 0.1) is 11.8 Å². The third-order valence-electron chi connectivity index (χ3n) is 5.41. The van der Waals surface area contributed by atoms with Crippen molar-refractivity contribution in [3.05, 3.63) is 40.9 Å². The number of rotatable bonds is 5. The van der Waals surface area contributed by atoms with Crippen LogP contribution in [0.5, 0.6) is 0 Å². The van der Waals surface area contributed by atoms with Crippen LogP contribution in [0.3, 0.4) is 0 Å². The number of carboxylic acids is 1. The second kappa shape index (κ2) is 8.66. The molecule has 1 heterocycles. The fraction of sp³-hybridized carbons (Fsp3) is 0.455. The highest BCUT2D eigenvalue weighted by atomic mass is 35.5. The van der Waals surface area contributed by atoms with E-state index in [9.17, 15) is 14.7 Å². The summed E-state index contributed by atoms with van der Waals surface area (Å²) in [5.41, 5.74) is 1.08. The molecule has 1 aliphatic carbocycles. The number of hydrogen-bond donors (Lipinski definition) is 1. The molecule has 0 bridgehead atoms. The summed E-state index contributed by atoms with van der Waals surface area (Å²) in [6.07, 6.45) is 3.85. The van der Waals surface area contributed by atoms with E-state index in [2.05, 4.69) is 6.92 Å². The van der Waals surface area contributed by atoms with Gasteiger partial charge in [0.2, 0.25) is 5.91 Å². The highest BCUT2D eigenvalue weighted by Crippen LogP contribution is 2.41. The Hall–Kier alpha value is -1.85. The number of benzene rings is 1. The minimum Gasteiger partial charge on any atom is -0.478 e. The lowest BCUT2D eigenvalue weighted by Crippen LogP contribution is -2.42. The maximum atomic E-state index is 13.3. The van der Waals surface area contributed by atoms with Crippen LogP contribution in [-0.2, 0) is 4.79 Å². The van der Waals surface area contributed by atoms with Gasteiger partial charge in [0.15, 0.2) is 0 Å². The molecule has 6 heteroatoms. The molecule has 0 atom stereocenters. The van der Waals surface area contributed by atoms with E-state index in [1.165, 1.54) is 11.3 Å². The third-order valence-corrected chi connectivity index (χ3v) is 6.84. The quantitative estimate of drug-likeness (QED) is 0.615. The molecule has 1 aliphatic rings. The first-order valence-corrected chi connectivity index (χ1v) is 10.9. The number of aromatic carboxylic acids is 1. The van der Waals surface area contributed by atoms with Gasteiger partial charge in [-0.05, 0) is 69.2 Å². The van der Waals surface area contributed by atoms with E-state index >= 15 is 0 Å². The van der Waals surface area contributed by atoms with Gasteiger partial charge in [-0.1, -0.05) is 30.7 Å².